The number of hydrogen-bond acceptors (Lipinski definition) is 14. The first-order valence-corrected chi connectivity index (χ1v) is 14.3. The quantitative estimate of drug-likeness (QED) is 0.132. The third-order valence-corrected chi connectivity index (χ3v) is 7.79. The molecule has 7 atom stereocenters. The van der Waals surface area contributed by atoms with E-state index < -0.39 is 68.7 Å². The minimum atomic E-state index is -1.61. The Bertz CT molecular complexity index is 1190. The van der Waals surface area contributed by atoms with Crippen LogP contribution in [-0.4, -0.2) is 127 Å². The molecule has 4 rings (SSSR count). The van der Waals surface area contributed by atoms with E-state index in [9.17, 15) is 35.7 Å². The summed E-state index contributed by atoms with van der Waals surface area (Å²) in [7, 11) is 4.37. The van der Waals surface area contributed by atoms with Crippen molar-refractivity contribution in [2.24, 2.45) is 0 Å². The normalized spacial score (nSPS) is 26.3. The van der Waals surface area contributed by atoms with Gasteiger partial charge in [-0.3, -0.25) is 0 Å². The molecule has 14 heteroatoms. The van der Waals surface area contributed by atoms with E-state index >= 15 is 0 Å². The standard InChI is InChI=1S/C30H42O14/c1-38-20-8-15(5-4-6-31)7-18-19(14-41-30-26(37)25(36)24(35)23(13-34)43-30)27(44-28(18)20)16-9-21(39-2)29(22(10-16)40-3)42-17(11-32)12-33/h7-10,17,19,23-27,30-37H,4-6,11-14H2,1-3H3. The summed E-state index contributed by atoms with van der Waals surface area (Å²) in [6.45, 7) is -1.59. The number of ether oxygens (including phenoxy) is 7. The Kier molecular flexibility index (Phi) is 11.9. The molecule has 0 radical (unpaired) electrons. The van der Waals surface area contributed by atoms with Crippen LogP contribution < -0.4 is 23.7 Å². The lowest BCUT2D eigenvalue weighted by Crippen LogP contribution is -2.59. The Morgan fingerprint density at radius 1 is 0.818 bits per heavy atom. The van der Waals surface area contributed by atoms with Crippen molar-refractivity contribution in [2.45, 2.75) is 61.7 Å². The Hall–Kier alpha value is -2.92. The van der Waals surface area contributed by atoms with Crippen LogP contribution in [0.3, 0.4) is 0 Å². The number of hydrogen-bond donors (Lipinski definition) is 7. The molecule has 246 valence electrons. The zero-order chi connectivity index (χ0) is 32.0. The number of aryl methyl sites for hydroxylation is 1. The van der Waals surface area contributed by atoms with Crippen molar-refractivity contribution >= 4 is 0 Å². The molecule has 2 aliphatic heterocycles. The maximum atomic E-state index is 10.6. The highest BCUT2D eigenvalue weighted by Crippen LogP contribution is 2.53. The highest BCUT2D eigenvalue weighted by Gasteiger charge is 2.46. The molecule has 1 saturated heterocycles. The predicted molar refractivity (Wildman–Crippen MR) is 152 cm³/mol. The van der Waals surface area contributed by atoms with E-state index in [1.165, 1.54) is 21.3 Å². The summed E-state index contributed by atoms with van der Waals surface area (Å²) in [5, 5.41) is 69.1. The SMILES string of the molecule is COc1cc(C2Oc3c(OC)cc(CCCO)cc3C2COC2OC(CO)C(O)C(O)C2O)cc(OC)c1OC(CO)CO. The average Bonchev–Trinajstić information content (AvgIpc) is 3.42. The molecular weight excluding hydrogens is 584 g/mol. The molecule has 14 nitrogen and oxygen atoms in total. The summed E-state index contributed by atoms with van der Waals surface area (Å²) in [6.07, 6.45) is -7.82. The van der Waals surface area contributed by atoms with Gasteiger partial charge in [0.05, 0.1) is 53.7 Å². The van der Waals surface area contributed by atoms with E-state index in [1.54, 1.807) is 12.1 Å². The van der Waals surface area contributed by atoms with Crippen LogP contribution in [-0.2, 0) is 15.9 Å². The molecule has 0 aromatic heterocycles. The van der Waals surface area contributed by atoms with E-state index in [0.717, 1.165) is 5.56 Å². The van der Waals surface area contributed by atoms with Crippen molar-refractivity contribution in [3.63, 3.8) is 0 Å². The minimum absolute atomic E-state index is 0.00357. The van der Waals surface area contributed by atoms with E-state index in [0.29, 0.717) is 35.5 Å². The van der Waals surface area contributed by atoms with Gasteiger partial charge in [-0.25, -0.2) is 0 Å². The largest absolute Gasteiger partial charge is 0.493 e. The maximum absolute atomic E-state index is 10.6. The fourth-order valence-electron chi connectivity index (χ4n) is 5.40. The zero-order valence-corrected chi connectivity index (χ0v) is 24.9. The van der Waals surface area contributed by atoms with Gasteiger partial charge >= 0.3 is 0 Å². The number of rotatable bonds is 15. The first-order valence-electron chi connectivity index (χ1n) is 14.3. The molecule has 7 unspecified atom stereocenters. The zero-order valence-electron chi connectivity index (χ0n) is 24.9. The molecule has 0 aliphatic carbocycles. The lowest BCUT2D eigenvalue weighted by Gasteiger charge is -2.40. The molecule has 2 heterocycles. The van der Waals surface area contributed by atoms with Crippen LogP contribution in [0.1, 0.15) is 35.1 Å². The molecule has 2 aromatic carbocycles. The molecular formula is C30H42O14. The second-order valence-corrected chi connectivity index (χ2v) is 10.6. The van der Waals surface area contributed by atoms with Crippen molar-refractivity contribution in [1.82, 2.24) is 0 Å². The first-order chi connectivity index (χ1) is 21.2. The van der Waals surface area contributed by atoms with E-state index in [4.69, 9.17) is 33.2 Å². The van der Waals surface area contributed by atoms with Gasteiger partial charge in [0, 0.05) is 17.7 Å². The van der Waals surface area contributed by atoms with Gasteiger partial charge in [-0.15, -0.1) is 0 Å². The molecule has 0 bridgehead atoms. The smallest absolute Gasteiger partial charge is 0.204 e. The molecule has 44 heavy (non-hydrogen) atoms. The monoisotopic (exact) mass is 626 g/mol. The number of aliphatic hydroxyl groups is 7. The van der Waals surface area contributed by atoms with Gasteiger partial charge in [0.15, 0.2) is 29.3 Å². The lowest BCUT2D eigenvalue weighted by molar-refractivity contribution is -0.302. The summed E-state index contributed by atoms with van der Waals surface area (Å²) < 4.78 is 40.6. The van der Waals surface area contributed by atoms with Crippen LogP contribution in [0.5, 0.6) is 28.7 Å². The third kappa shape index (κ3) is 6.98. The summed E-state index contributed by atoms with van der Waals surface area (Å²) in [4.78, 5) is 0. The van der Waals surface area contributed by atoms with Crippen molar-refractivity contribution in [2.75, 3.05) is 54.4 Å². The van der Waals surface area contributed by atoms with Gasteiger partial charge in [0.1, 0.15) is 36.6 Å². The second kappa shape index (κ2) is 15.4. The summed E-state index contributed by atoms with van der Waals surface area (Å²) in [5.74, 6) is 1.02. The first kappa shape index (κ1) is 34.0. The Labute approximate surface area is 254 Å². The average molecular weight is 627 g/mol. The predicted octanol–water partition coefficient (Wildman–Crippen LogP) is -0.597. The van der Waals surface area contributed by atoms with E-state index in [2.05, 4.69) is 0 Å². The number of methoxy groups -OCH3 is 3. The van der Waals surface area contributed by atoms with E-state index in [1.807, 2.05) is 12.1 Å². The molecule has 0 spiro atoms. The van der Waals surface area contributed by atoms with Gasteiger partial charge < -0.3 is 68.9 Å². The fourth-order valence-corrected chi connectivity index (χ4v) is 5.40. The summed E-state index contributed by atoms with van der Waals surface area (Å²) in [5.41, 5.74) is 2.17. The highest BCUT2D eigenvalue weighted by molar-refractivity contribution is 5.58. The maximum Gasteiger partial charge on any atom is 0.204 e. The molecule has 0 saturated carbocycles. The van der Waals surface area contributed by atoms with Gasteiger partial charge in [0.25, 0.3) is 0 Å². The van der Waals surface area contributed by atoms with E-state index in [-0.39, 0.29) is 30.5 Å². The summed E-state index contributed by atoms with van der Waals surface area (Å²) in [6, 6.07) is 7.09. The number of benzene rings is 2. The van der Waals surface area contributed by atoms with Gasteiger partial charge in [0.2, 0.25) is 5.75 Å². The minimum Gasteiger partial charge on any atom is -0.493 e. The van der Waals surface area contributed by atoms with Crippen molar-refractivity contribution in [1.29, 1.82) is 0 Å². The van der Waals surface area contributed by atoms with Crippen LogP contribution in [0.2, 0.25) is 0 Å². The highest BCUT2D eigenvalue weighted by atomic mass is 16.7. The van der Waals surface area contributed by atoms with Crippen LogP contribution in [0.15, 0.2) is 24.3 Å². The van der Waals surface area contributed by atoms with Gasteiger partial charge in [-0.2, -0.15) is 0 Å². The Balaban J connectivity index is 1.74. The molecule has 7 N–H and O–H groups in total. The Morgan fingerprint density at radius 2 is 1.48 bits per heavy atom. The molecule has 0 amide bonds. The van der Waals surface area contributed by atoms with Crippen molar-refractivity contribution < 1.29 is 68.9 Å². The van der Waals surface area contributed by atoms with Gasteiger partial charge in [-0.05, 0) is 36.6 Å². The number of fused-ring (bicyclic) bond motifs is 1. The molecule has 2 aliphatic rings. The topological polar surface area (TPSA) is 206 Å². The van der Waals surface area contributed by atoms with Gasteiger partial charge in [-0.1, -0.05) is 6.07 Å². The number of aliphatic hydroxyl groups excluding tert-OH is 7. The van der Waals surface area contributed by atoms with Crippen LogP contribution in [0.4, 0.5) is 0 Å². The van der Waals surface area contributed by atoms with Crippen molar-refractivity contribution in [3.8, 4) is 28.7 Å². The summed E-state index contributed by atoms with van der Waals surface area (Å²) >= 11 is 0. The Morgan fingerprint density at radius 3 is 2.05 bits per heavy atom. The fraction of sp³-hybridized carbons (Fsp3) is 0.600. The molecule has 1 fully saturated rings. The third-order valence-electron chi connectivity index (χ3n) is 7.79. The van der Waals surface area contributed by atoms with Crippen LogP contribution in [0.25, 0.3) is 0 Å². The van der Waals surface area contributed by atoms with Crippen LogP contribution >= 0.6 is 0 Å². The van der Waals surface area contributed by atoms with Crippen LogP contribution in [0, 0.1) is 0 Å². The van der Waals surface area contributed by atoms with Crippen molar-refractivity contribution in [3.05, 3.63) is 41.0 Å². The lowest BCUT2D eigenvalue weighted by atomic mass is 9.89. The molecule has 2 aromatic rings. The second-order valence-electron chi connectivity index (χ2n) is 10.6.